The number of rotatable bonds is 3. The van der Waals surface area contributed by atoms with Crippen molar-refractivity contribution in [2.75, 3.05) is 19.6 Å². The molecule has 0 aromatic carbocycles. The third-order valence-electron chi connectivity index (χ3n) is 4.10. The summed E-state index contributed by atoms with van der Waals surface area (Å²) in [7, 11) is 0. The Morgan fingerprint density at radius 3 is 2.69 bits per heavy atom. The fourth-order valence-electron chi connectivity index (χ4n) is 3.17. The normalized spacial score (nSPS) is 48.0. The Morgan fingerprint density at radius 1 is 1.15 bits per heavy atom. The highest BCUT2D eigenvalue weighted by atomic mass is 15.0. The van der Waals surface area contributed by atoms with Crippen molar-refractivity contribution in [3.05, 3.63) is 0 Å². The van der Waals surface area contributed by atoms with Crippen molar-refractivity contribution in [3.63, 3.8) is 0 Å². The van der Waals surface area contributed by atoms with E-state index in [2.05, 4.69) is 10.6 Å². The molecular formula is C11H20N2. The van der Waals surface area contributed by atoms with Crippen LogP contribution in [0.25, 0.3) is 0 Å². The van der Waals surface area contributed by atoms with Gasteiger partial charge in [0.2, 0.25) is 0 Å². The van der Waals surface area contributed by atoms with Gasteiger partial charge in [0.05, 0.1) is 0 Å². The molecule has 2 N–H and O–H groups in total. The third-order valence-corrected chi connectivity index (χ3v) is 4.10. The Morgan fingerprint density at radius 2 is 2.00 bits per heavy atom. The average Bonchev–Trinajstić information content (AvgIpc) is 2.64. The maximum atomic E-state index is 3.70. The number of fused-ring (bicyclic) bond motifs is 1. The summed E-state index contributed by atoms with van der Waals surface area (Å²) in [5, 5.41) is 7.10. The SMILES string of the molecule is C1C[C@H](NCC2CC3CC3C2)CN1. The highest BCUT2D eigenvalue weighted by Crippen LogP contribution is 2.54. The maximum Gasteiger partial charge on any atom is 0.0204 e. The molecule has 3 rings (SSSR count). The minimum atomic E-state index is 0.775. The minimum Gasteiger partial charge on any atom is -0.315 e. The molecule has 13 heavy (non-hydrogen) atoms. The van der Waals surface area contributed by atoms with Crippen LogP contribution in [0.1, 0.15) is 25.7 Å². The summed E-state index contributed by atoms with van der Waals surface area (Å²) in [5.41, 5.74) is 0. The number of hydrogen-bond acceptors (Lipinski definition) is 2. The predicted molar refractivity (Wildman–Crippen MR) is 53.6 cm³/mol. The van der Waals surface area contributed by atoms with E-state index in [0.29, 0.717) is 0 Å². The third kappa shape index (κ3) is 1.75. The van der Waals surface area contributed by atoms with Crippen LogP contribution >= 0.6 is 0 Å². The summed E-state index contributed by atoms with van der Waals surface area (Å²) in [6.07, 6.45) is 5.94. The van der Waals surface area contributed by atoms with Crippen LogP contribution < -0.4 is 10.6 Å². The van der Waals surface area contributed by atoms with Crippen molar-refractivity contribution in [1.82, 2.24) is 10.6 Å². The zero-order chi connectivity index (χ0) is 8.67. The monoisotopic (exact) mass is 180 g/mol. The van der Waals surface area contributed by atoms with Gasteiger partial charge in [-0.3, -0.25) is 0 Å². The zero-order valence-electron chi connectivity index (χ0n) is 8.26. The van der Waals surface area contributed by atoms with E-state index in [4.69, 9.17) is 0 Å². The summed E-state index contributed by atoms with van der Waals surface area (Å²) in [6.45, 7) is 3.70. The van der Waals surface area contributed by atoms with Gasteiger partial charge in [-0.25, -0.2) is 0 Å². The lowest BCUT2D eigenvalue weighted by Gasteiger charge is -2.16. The second-order valence-electron chi connectivity index (χ2n) is 5.19. The minimum absolute atomic E-state index is 0.775. The van der Waals surface area contributed by atoms with E-state index in [0.717, 1.165) is 23.8 Å². The molecule has 1 aliphatic heterocycles. The Labute approximate surface area is 80.5 Å². The molecule has 3 aliphatic rings. The highest BCUT2D eigenvalue weighted by molar-refractivity contribution is 4.96. The number of hydrogen-bond donors (Lipinski definition) is 2. The fourth-order valence-corrected chi connectivity index (χ4v) is 3.17. The van der Waals surface area contributed by atoms with Crippen molar-refractivity contribution >= 4 is 0 Å². The number of nitrogens with one attached hydrogen (secondary N) is 2. The second-order valence-corrected chi connectivity index (χ2v) is 5.19. The zero-order valence-corrected chi connectivity index (χ0v) is 8.26. The molecule has 0 aromatic rings. The Balaban J connectivity index is 1.38. The molecule has 3 fully saturated rings. The molecular weight excluding hydrogens is 160 g/mol. The molecule has 2 aliphatic carbocycles. The molecule has 1 heterocycles. The summed E-state index contributed by atoms with van der Waals surface area (Å²) in [6, 6.07) is 0.775. The molecule has 1 saturated heterocycles. The molecule has 2 heteroatoms. The first-order valence-electron chi connectivity index (χ1n) is 5.86. The molecule has 74 valence electrons. The fraction of sp³-hybridized carbons (Fsp3) is 1.00. The predicted octanol–water partition coefficient (Wildman–Crippen LogP) is 0.984. The molecule has 0 spiro atoms. The van der Waals surface area contributed by atoms with Gasteiger partial charge in [0, 0.05) is 12.6 Å². The van der Waals surface area contributed by atoms with E-state index in [-0.39, 0.29) is 0 Å². The highest BCUT2D eigenvalue weighted by Gasteiger charge is 2.45. The van der Waals surface area contributed by atoms with E-state index >= 15 is 0 Å². The molecule has 0 aromatic heterocycles. The van der Waals surface area contributed by atoms with Crippen LogP contribution in [-0.2, 0) is 0 Å². The van der Waals surface area contributed by atoms with Gasteiger partial charge in [0.15, 0.2) is 0 Å². The maximum absolute atomic E-state index is 3.70. The topological polar surface area (TPSA) is 24.1 Å². The van der Waals surface area contributed by atoms with Crippen molar-refractivity contribution < 1.29 is 0 Å². The molecule has 0 bridgehead atoms. The van der Waals surface area contributed by atoms with Gasteiger partial charge in [0.25, 0.3) is 0 Å². The molecule has 2 unspecified atom stereocenters. The van der Waals surface area contributed by atoms with Gasteiger partial charge in [0.1, 0.15) is 0 Å². The van der Waals surface area contributed by atoms with Gasteiger partial charge in [-0.1, -0.05) is 0 Å². The van der Waals surface area contributed by atoms with Crippen LogP contribution in [0.4, 0.5) is 0 Å². The van der Waals surface area contributed by atoms with E-state index in [1.807, 2.05) is 0 Å². The Bertz CT molecular complexity index is 177. The molecule has 2 saturated carbocycles. The first-order valence-corrected chi connectivity index (χ1v) is 5.86. The first kappa shape index (κ1) is 8.25. The van der Waals surface area contributed by atoms with Crippen molar-refractivity contribution in [2.24, 2.45) is 17.8 Å². The smallest absolute Gasteiger partial charge is 0.0204 e. The molecule has 0 amide bonds. The lowest BCUT2D eigenvalue weighted by molar-refractivity contribution is 0.415. The van der Waals surface area contributed by atoms with Crippen molar-refractivity contribution in [2.45, 2.75) is 31.7 Å². The Hall–Kier alpha value is -0.0800. The molecule has 3 atom stereocenters. The van der Waals surface area contributed by atoms with Crippen LogP contribution in [0.5, 0.6) is 0 Å². The van der Waals surface area contributed by atoms with Crippen LogP contribution in [0.15, 0.2) is 0 Å². The van der Waals surface area contributed by atoms with E-state index < -0.39 is 0 Å². The van der Waals surface area contributed by atoms with Crippen LogP contribution in [0.3, 0.4) is 0 Å². The van der Waals surface area contributed by atoms with Crippen molar-refractivity contribution in [1.29, 1.82) is 0 Å². The summed E-state index contributed by atoms with van der Waals surface area (Å²) < 4.78 is 0. The van der Waals surface area contributed by atoms with Gasteiger partial charge in [-0.2, -0.15) is 0 Å². The molecule has 2 nitrogen and oxygen atoms in total. The summed E-state index contributed by atoms with van der Waals surface area (Å²) >= 11 is 0. The lowest BCUT2D eigenvalue weighted by Crippen LogP contribution is -2.34. The van der Waals surface area contributed by atoms with Gasteiger partial charge < -0.3 is 10.6 Å². The van der Waals surface area contributed by atoms with Gasteiger partial charge in [-0.15, -0.1) is 0 Å². The van der Waals surface area contributed by atoms with E-state index in [9.17, 15) is 0 Å². The average molecular weight is 180 g/mol. The standard InChI is InChI=1S/C11H20N2/c1-2-12-7-11(1)13-6-8-3-9-5-10(9)4-8/h8-13H,1-7H2/t8?,9?,10?,11-/m0/s1. The van der Waals surface area contributed by atoms with Gasteiger partial charge >= 0.3 is 0 Å². The summed E-state index contributed by atoms with van der Waals surface area (Å²) in [4.78, 5) is 0. The van der Waals surface area contributed by atoms with E-state index in [1.54, 1.807) is 6.42 Å². The first-order chi connectivity index (χ1) is 6.42. The van der Waals surface area contributed by atoms with Crippen LogP contribution in [0.2, 0.25) is 0 Å². The van der Waals surface area contributed by atoms with E-state index in [1.165, 1.54) is 38.9 Å². The summed E-state index contributed by atoms with van der Waals surface area (Å²) in [5.74, 6) is 3.31. The molecule has 0 radical (unpaired) electrons. The van der Waals surface area contributed by atoms with Crippen LogP contribution in [0, 0.1) is 17.8 Å². The van der Waals surface area contributed by atoms with Gasteiger partial charge in [-0.05, 0) is 56.5 Å². The Kier molecular flexibility index (Phi) is 2.06. The second kappa shape index (κ2) is 3.25. The lowest BCUT2D eigenvalue weighted by atomic mass is 10.0. The van der Waals surface area contributed by atoms with Crippen molar-refractivity contribution in [3.8, 4) is 0 Å². The van der Waals surface area contributed by atoms with Crippen LogP contribution in [-0.4, -0.2) is 25.7 Å². The largest absolute Gasteiger partial charge is 0.315 e. The quantitative estimate of drug-likeness (QED) is 0.676.